The number of anilines is 3. The van der Waals surface area contributed by atoms with Crippen LogP contribution in [-0.4, -0.2) is 47.9 Å². The quantitative estimate of drug-likeness (QED) is 0.403. The van der Waals surface area contributed by atoms with E-state index in [1.807, 2.05) is 24.3 Å². The number of rotatable bonds is 7. The van der Waals surface area contributed by atoms with Gasteiger partial charge in [0.2, 0.25) is 0 Å². The maximum absolute atomic E-state index is 12.6. The van der Waals surface area contributed by atoms with Crippen LogP contribution >= 0.6 is 0 Å². The molecule has 176 valence electrons. The largest absolute Gasteiger partial charge is 0.497 e. The van der Waals surface area contributed by atoms with Crippen molar-refractivity contribution in [1.29, 1.82) is 0 Å². The highest BCUT2D eigenvalue weighted by atomic mass is 16.5. The minimum Gasteiger partial charge on any atom is -0.497 e. The summed E-state index contributed by atoms with van der Waals surface area (Å²) in [7, 11) is 5.01. The summed E-state index contributed by atoms with van der Waals surface area (Å²) in [6.45, 7) is 0. The second-order valence-electron chi connectivity index (χ2n) is 7.98. The first-order chi connectivity index (χ1) is 16.9. The molecule has 0 unspecified atom stereocenters. The number of pyridine rings is 2. The summed E-state index contributed by atoms with van der Waals surface area (Å²) in [5, 5.41) is 6.04. The number of hydrogen-bond acceptors (Lipinski definition) is 6. The predicted molar refractivity (Wildman–Crippen MR) is 136 cm³/mol. The van der Waals surface area contributed by atoms with Crippen LogP contribution in [-0.2, 0) is 0 Å². The Morgan fingerprint density at radius 3 is 2.26 bits per heavy atom. The fourth-order valence-electron chi connectivity index (χ4n) is 3.39. The molecule has 0 atom stereocenters. The molecule has 2 amide bonds. The van der Waals surface area contributed by atoms with Crippen LogP contribution in [0.3, 0.4) is 0 Å². The van der Waals surface area contributed by atoms with Gasteiger partial charge in [-0.25, -0.2) is 4.98 Å². The molecule has 8 heteroatoms. The third-order valence-electron chi connectivity index (χ3n) is 5.24. The SMILES string of the molecule is COc1cccc(C(=O)Nc2cncc(Nc3ccc(-c4ccc(C(=O)N(C)C)cc4)cn3)c2)c1. The maximum atomic E-state index is 12.6. The van der Waals surface area contributed by atoms with Crippen LogP contribution in [0, 0.1) is 0 Å². The number of aromatic nitrogens is 2. The molecule has 0 aliphatic heterocycles. The van der Waals surface area contributed by atoms with Gasteiger partial charge < -0.3 is 20.3 Å². The van der Waals surface area contributed by atoms with Crippen molar-refractivity contribution in [2.45, 2.75) is 0 Å². The summed E-state index contributed by atoms with van der Waals surface area (Å²) in [5.74, 6) is 0.943. The number of amides is 2. The molecule has 2 N–H and O–H groups in total. The molecule has 0 aliphatic carbocycles. The van der Waals surface area contributed by atoms with Crippen molar-refractivity contribution in [3.8, 4) is 16.9 Å². The van der Waals surface area contributed by atoms with Gasteiger partial charge in [0.15, 0.2) is 0 Å². The van der Waals surface area contributed by atoms with Gasteiger partial charge in [-0.3, -0.25) is 14.6 Å². The Kier molecular flexibility index (Phi) is 7.02. The topological polar surface area (TPSA) is 96.4 Å². The van der Waals surface area contributed by atoms with Crippen LogP contribution in [0.2, 0.25) is 0 Å². The van der Waals surface area contributed by atoms with E-state index in [2.05, 4.69) is 20.6 Å². The zero-order chi connectivity index (χ0) is 24.8. The molecule has 35 heavy (non-hydrogen) atoms. The number of benzene rings is 2. The third kappa shape index (κ3) is 5.80. The summed E-state index contributed by atoms with van der Waals surface area (Å²) in [6.07, 6.45) is 4.98. The molecule has 2 heterocycles. The summed E-state index contributed by atoms with van der Waals surface area (Å²) in [5.41, 5.74) is 4.24. The van der Waals surface area contributed by atoms with E-state index in [1.165, 1.54) is 0 Å². The molecule has 0 saturated carbocycles. The van der Waals surface area contributed by atoms with E-state index >= 15 is 0 Å². The van der Waals surface area contributed by atoms with Crippen molar-refractivity contribution in [3.05, 3.63) is 96.4 Å². The van der Waals surface area contributed by atoms with Crippen LogP contribution < -0.4 is 15.4 Å². The summed E-state index contributed by atoms with van der Waals surface area (Å²) < 4.78 is 5.18. The third-order valence-corrected chi connectivity index (χ3v) is 5.24. The summed E-state index contributed by atoms with van der Waals surface area (Å²) in [4.78, 5) is 34.9. The molecule has 0 aliphatic rings. The van der Waals surface area contributed by atoms with Gasteiger partial charge in [0.25, 0.3) is 11.8 Å². The molecule has 4 rings (SSSR count). The molecule has 0 radical (unpaired) electrons. The number of carbonyl (C=O) groups excluding carboxylic acids is 2. The van der Waals surface area contributed by atoms with E-state index in [-0.39, 0.29) is 11.8 Å². The van der Waals surface area contributed by atoms with Gasteiger partial charge in [-0.2, -0.15) is 0 Å². The van der Waals surface area contributed by atoms with E-state index in [1.54, 1.807) is 87.2 Å². The monoisotopic (exact) mass is 467 g/mol. The van der Waals surface area contributed by atoms with Gasteiger partial charge >= 0.3 is 0 Å². The minimum absolute atomic E-state index is 0.0373. The molecule has 0 spiro atoms. The lowest BCUT2D eigenvalue weighted by Crippen LogP contribution is -2.21. The van der Waals surface area contributed by atoms with E-state index in [0.29, 0.717) is 34.1 Å². The Morgan fingerprint density at radius 1 is 0.829 bits per heavy atom. The lowest BCUT2D eigenvalue weighted by atomic mass is 10.1. The van der Waals surface area contributed by atoms with E-state index in [0.717, 1.165) is 11.1 Å². The standard InChI is InChI=1S/C27H25N5O3/c1-32(2)27(34)19-9-7-18(8-10-19)21-11-12-25(29-15-21)30-22-14-23(17-28-16-22)31-26(33)20-5-4-6-24(13-20)35-3/h4-17H,1-3H3,(H,29,30)(H,31,33). The number of methoxy groups -OCH3 is 1. The van der Waals surface area contributed by atoms with E-state index in [4.69, 9.17) is 4.74 Å². The Morgan fingerprint density at radius 2 is 1.57 bits per heavy atom. The normalized spacial score (nSPS) is 10.4. The van der Waals surface area contributed by atoms with Crippen LogP contribution in [0.4, 0.5) is 17.2 Å². The highest BCUT2D eigenvalue weighted by Crippen LogP contribution is 2.23. The molecule has 8 nitrogen and oxygen atoms in total. The summed E-state index contributed by atoms with van der Waals surface area (Å²) in [6, 6.07) is 19.9. The fraction of sp³-hybridized carbons (Fsp3) is 0.111. The number of nitrogens with one attached hydrogen (secondary N) is 2. The zero-order valence-electron chi connectivity index (χ0n) is 19.6. The Balaban J connectivity index is 1.42. The van der Waals surface area contributed by atoms with E-state index < -0.39 is 0 Å². The van der Waals surface area contributed by atoms with Crippen molar-refractivity contribution >= 4 is 29.0 Å². The van der Waals surface area contributed by atoms with Crippen LogP contribution in [0.15, 0.2) is 85.3 Å². The molecular weight excluding hydrogens is 442 g/mol. The van der Waals surface area contributed by atoms with Gasteiger partial charge in [-0.1, -0.05) is 18.2 Å². The fourth-order valence-corrected chi connectivity index (χ4v) is 3.39. The zero-order valence-corrected chi connectivity index (χ0v) is 19.6. The molecule has 2 aromatic carbocycles. The van der Waals surface area contributed by atoms with Crippen molar-refractivity contribution in [2.75, 3.05) is 31.8 Å². The number of carbonyl (C=O) groups is 2. The first-order valence-electron chi connectivity index (χ1n) is 10.9. The lowest BCUT2D eigenvalue weighted by Gasteiger charge is -2.11. The molecule has 0 saturated heterocycles. The first-order valence-corrected chi connectivity index (χ1v) is 10.9. The van der Waals surface area contributed by atoms with Gasteiger partial charge in [0.05, 0.1) is 30.9 Å². The second kappa shape index (κ2) is 10.5. The minimum atomic E-state index is -0.261. The first kappa shape index (κ1) is 23.4. The highest BCUT2D eigenvalue weighted by Gasteiger charge is 2.10. The van der Waals surface area contributed by atoms with Gasteiger partial charge in [-0.05, 0) is 54.1 Å². The maximum Gasteiger partial charge on any atom is 0.255 e. The lowest BCUT2D eigenvalue weighted by molar-refractivity contribution is 0.0827. The van der Waals surface area contributed by atoms with Gasteiger partial charge in [-0.15, -0.1) is 0 Å². The second-order valence-corrected chi connectivity index (χ2v) is 7.98. The van der Waals surface area contributed by atoms with Crippen molar-refractivity contribution in [1.82, 2.24) is 14.9 Å². The van der Waals surface area contributed by atoms with Crippen molar-refractivity contribution in [2.24, 2.45) is 0 Å². The average Bonchev–Trinajstić information content (AvgIpc) is 2.89. The predicted octanol–water partition coefficient (Wildman–Crippen LogP) is 4.85. The van der Waals surface area contributed by atoms with Gasteiger partial charge in [0, 0.05) is 37.0 Å². The number of hydrogen-bond donors (Lipinski definition) is 2. The van der Waals surface area contributed by atoms with Crippen molar-refractivity contribution in [3.63, 3.8) is 0 Å². The summed E-state index contributed by atoms with van der Waals surface area (Å²) >= 11 is 0. The molecule has 0 fully saturated rings. The smallest absolute Gasteiger partial charge is 0.255 e. The van der Waals surface area contributed by atoms with E-state index in [9.17, 15) is 9.59 Å². The van der Waals surface area contributed by atoms with Crippen LogP contribution in [0.25, 0.3) is 11.1 Å². The van der Waals surface area contributed by atoms with Crippen LogP contribution in [0.5, 0.6) is 5.75 Å². The Hall–Kier alpha value is -4.72. The average molecular weight is 468 g/mol. The Labute approximate surface area is 203 Å². The number of nitrogens with zero attached hydrogens (tertiary/aromatic N) is 3. The molecule has 2 aromatic heterocycles. The van der Waals surface area contributed by atoms with Gasteiger partial charge in [0.1, 0.15) is 11.6 Å². The molecule has 0 bridgehead atoms. The van der Waals surface area contributed by atoms with Crippen molar-refractivity contribution < 1.29 is 14.3 Å². The highest BCUT2D eigenvalue weighted by molar-refractivity contribution is 6.04. The molecule has 4 aromatic rings. The Bertz CT molecular complexity index is 1340. The number of ether oxygens (including phenoxy) is 1. The van der Waals surface area contributed by atoms with Crippen LogP contribution in [0.1, 0.15) is 20.7 Å². The molecular formula is C27H25N5O3.